The molecule has 1 aliphatic heterocycles. The SMILES string of the molecule is CCNC(=O)c1ccc(N2CCC(n3c(CC)nc4ccccc43)CC2)nc1. The van der Waals surface area contributed by atoms with E-state index in [4.69, 9.17) is 4.98 Å². The molecule has 1 saturated heterocycles. The number of pyridine rings is 1. The fourth-order valence-corrected chi connectivity index (χ4v) is 4.07. The van der Waals surface area contributed by atoms with Gasteiger partial charge < -0.3 is 14.8 Å². The minimum atomic E-state index is -0.0701. The molecule has 0 atom stereocenters. The van der Waals surface area contributed by atoms with Crippen LogP contribution in [0.4, 0.5) is 5.82 Å². The number of benzene rings is 1. The van der Waals surface area contributed by atoms with Crippen molar-refractivity contribution >= 4 is 22.8 Å². The predicted octanol–water partition coefficient (Wildman–Crippen LogP) is 3.58. The van der Waals surface area contributed by atoms with Crippen LogP contribution in [0.3, 0.4) is 0 Å². The van der Waals surface area contributed by atoms with Gasteiger partial charge in [0.1, 0.15) is 11.6 Å². The van der Waals surface area contributed by atoms with Crippen molar-refractivity contribution in [3.63, 3.8) is 0 Å². The van der Waals surface area contributed by atoms with Crippen molar-refractivity contribution in [3.05, 3.63) is 54.0 Å². The molecule has 0 unspecified atom stereocenters. The number of carbonyl (C=O) groups excluding carboxylic acids is 1. The van der Waals surface area contributed by atoms with Crippen LogP contribution in [-0.4, -0.2) is 40.1 Å². The van der Waals surface area contributed by atoms with Gasteiger partial charge in [-0.05, 0) is 44.0 Å². The summed E-state index contributed by atoms with van der Waals surface area (Å²) in [5.74, 6) is 2.04. The fraction of sp³-hybridized carbons (Fsp3) is 0.409. The number of hydrogen-bond donors (Lipinski definition) is 1. The Balaban J connectivity index is 1.47. The van der Waals surface area contributed by atoms with Crippen LogP contribution in [0.1, 0.15) is 48.9 Å². The van der Waals surface area contributed by atoms with Gasteiger partial charge in [-0.15, -0.1) is 0 Å². The van der Waals surface area contributed by atoms with Gasteiger partial charge in [0.05, 0.1) is 16.6 Å². The molecule has 0 radical (unpaired) electrons. The van der Waals surface area contributed by atoms with Gasteiger partial charge in [0.15, 0.2) is 0 Å². The van der Waals surface area contributed by atoms with Crippen LogP contribution in [0.15, 0.2) is 42.6 Å². The van der Waals surface area contributed by atoms with Gasteiger partial charge in [0.25, 0.3) is 5.91 Å². The van der Waals surface area contributed by atoms with E-state index in [9.17, 15) is 4.79 Å². The summed E-state index contributed by atoms with van der Waals surface area (Å²) in [6.45, 7) is 6.61. The highest BCUT2D eigenvalue weighted by Gasteiger charge is 2.24. The minimum Gasteiger partial charge on any atom is -0.356 e. The summed E-state index contributed by atoms with van der Waals surface area (Å²) in [6, 6.07) is 12.7. The molecule has 0 spiro atoms. The van der Waals surface area contributed by atoms with E-state index in [1.165, 1.54) is 11.3 Å². The van der Waals surface area contributed by atoms with Crippen molar-refractivity contribution in [3.8, 4) is 0 Å². The summed E-state index contributed by atoms with van der Waals surface area (Å²) in [6.07, 6.45) is 4.74. The Labute approximate surface area is 165 Å². The number of aromatic nitrogens is 3. The summed E-state index contributed by atoms with van der Waals surface area (Å²) in [4.78, 5) is 23.6. The van der Waals surface area contributed by atoms with E-state index >= 15 is 0 Å². The molecule has 3 aromatic rings. The number of piperidine rings is 1. The first-order valence-electron chi connectivity index (χ1n) is 10.2. The molecule has 1 fully saturated rings. The molecule has 0 bridgehead atoms. The number of carbonyl (C=O) groups is 1. The Morgan fingerprint density at radius 3 is 2.61 bits per heavy atom. The van der Waals surface area contributed by atoms with Crippen LogP contribution >= 0.6 is 0 Å². The largest absolute Gasteiger partial charge is 0.356 e. The number of amides is 1. The zero-order chi connectivity index (χ0) is 19.5. The standard InChI is InChI=1S/C22H27N5O/c1-3-20-25-18-7-5-6-8-19(18)27(20)17-11-13-26(14-12-17)21-10-9-16(15-24-21)22(28)23-4-2/h5-10,15,17H,3-4,11-14H2,1-2H3,(H,23,28). The lowest BCUT2D eigenvalue weighted by atomic mass is 10.0. The topological polar surface area (TPSA) is 63.1 Å². The van der Waals surface area contributed by atoms with Crippen LogP contribution in [0.2, 0.25) is 0 Å². The van der Waals surface area contributed by atoms with E-state index < -0.39 is 0 Å². The van der Waals surface area contributed by atoms with Gasteiger partial charge in [-0.25, -0.2) is 9.97 Å². The lowest BCUT2D eigenvalue weighted by Crippen LogP contribution is -2.35. The Morgan fingerprint density at radius 2 is 1.93 bits per heavy atom. The highest BCUT2D eigenvalue weighted by molar-refractivity contribution is 5.94. The molecule has 1 aliphatic rings. The fourth-order valence-electron chi connectivity index (χ4n) is 4.07. The number of nitrogens with one attached hydrogen (secondary N) is 1. The van der Waals surface area contributed by atoms with Gasteiger partial charge in [0, 0.05) is 38.3 Å². The monoisotopic (exact) mass is 377 g/mol. The lowest BCUT2D eigenvalue weighted by molar-refractivity contribution is 0.0955. The van der Waals surface area contributed by atoms with Gasteiger partial charge in [-0.3, -0.25) is 4.79 Å². The van der Waals surface area contributed by atoms with Gasteiger partial charge in [-0.2, -0.15) is 0 Å². The summed E-state index contributed by atoms with van der Waals surface area (Å²) in [5, 5.41) is 2.81. The Morgan fingerprint density at radius 1 is 1.14 bits per heavy atom. The summed E-state index contributed by atoms with van der Waals surface area (Å²) >= 11 is 0. The lowest BCUT2D eigenvalue weighted by Gasteiger charge is -2.34. The number of aryl methyl sites for hydroxylation is 1. The average molecular weight is 377 g/mol. The Kier molecular flexibility index (Phi) is 5.28. The maximum atomic E-state index is 11.9. The van der Waals surface area contributed by atoms with Crippen molar-refractivity contribution in [2.24, 2.45) is 0 Å². The minimum absolute atomic E-state index is 0.0701. The summed E-state index contributed by atoms with van der Waals surface area (Å²) in [5.41, 5.74) is 2.93. The maximum Gasteiger partial charge on any atom is 0.252 e. The molecule has 0 aliphatic carbocycles. The molecule has 1 amide bonds. The second-order valence-corrected chi connectivity index (χ2v) is 7.22. The number of hydrogen-bond acceptors (Lipinski definition) is 4. The first-order chi connectivity index (χ1) is 13.7. The molecule has 1 aromatic carbocycles. The number of fused-ring (bicyclic) bond motifs is 1. The second-order valence-electron chi connectivity index (χ2n) is 7.22. The molecular formula is C22H27N5O. The van der Waals surface area contributed by atoms with Crippen LogP contribution in [0.5, 0.6) is 0 Å². The summed E-state index contributed by atoms with van der Waals surface area (Å²) in [7, 11) is 0. The Bertz CT molecular complexity index is 955. The summed E-state index contributed by atoms with van der Waals surface area (Å²) < 4.78 is 2.44. The van der Waals surface area contributed by atoms with E-state index in [0.717, 1.165) is 43.7 Å². The number of imidazole rings is 1. The second kappa shape index (κ2) is 8.00. The maximum absolute atomic E-state index is 11.9. The van der Waals surface area contributed by atoms with Crippen molar-refractivity contribution in [2.45, 2.75) is 39.2 Å². The zero-order valence-corrected chi connectivity index (χ0v) is 16.6. The van der Waals surface area contributed by atoms with E-state index in [-0.39, 0.29) is 5.91 Å². The molecule has 6 heteroatoms. The first kappa shape index (κ1) is 18.5. The van der Waals surface area contributed by atoms with Crippen LogP contribution < -0.4 is 10.2 Å². The van der Waals surface area contributed by atoms with Gasteiger partial charge in [0.2, 0.25) is 0 Å². The molecule has 1 N–H and O–H groups in total. The Hall–Kier alpha value is -2.89. The van der Waals surface area contributed by atoms with Crippen LogP contribution in [0, 0.1) is 0 Å². The molecule has 4 rings (SSSR count). The molecule has 6 nitrogen and oxygen atoms in total. The molecule has 28 heavy (non-hydrogen) atoms. The molecule has 0 saturated carbocycles. The van der Waals surface area contributed by atoms with Gasteiger partial charge in [-0.1, -0.05) is 19.1 Å². The molecule has 146 valence electrons. The highest BCUT2D eigenvalue weighted by Crippen LogP contribution is 2.30. The third kappa shape index (κ3) is 3.46. The normalized spacial score (nSPS) is 15.1. The zero-order valence-electron chi connectivity index (χ0n) is 16.6. The third-order valence-electron chi connectivity index (χ3n) is 5.49. The first-order valence-corrected chi connectivity index (χ1v) is 10.2. The quantitative estimate of drug-likeness (QED) is 0.738. The van der Waals surface area contributed by atoms with Crippen LogP contribution in [-0.2, 0) is 6.42 Å². The van der Waals surface area contributed by atoms with Crippen molar-refractivity contribution in [1.29, 1.82) is 0 Å². The van der Waals surface area contributed by atoms with Crippen LogP contribution in [0.25, 0.3) is 11.0 Å². The molecular weight excluding hydrogens is 350 g/mol. The number of para-hydroxylation sites is 2. The van der Waals surface area contributed by atoms with Crippen molar-refractivity contribution in [1.82, 2.24) is 19.9 Å². The molecule has 2 aromatic heterocycles. The van der Waals surface area contributed by atoms with Gasteiger partial charge >= 0.3 is 0 Å². The van der Waals surface area contributed by atoms with E-state index in [2.05, 4.69) is 51.0 Å². The van der Waals surface area contributed by atoms with Crippen molar-refractivity contribution < 1.29 is 4.79 Å². The number of nitrogens with zero attached hydrogens (tertiary/aromatic N) is 4. The average Bonchev–Trinajstić information content (AvgIpc) is 3.13. The predicted molar refractivity (Wildman–Crippen MR) is 112 cm³/mol. The van der Waals surface area contributed by atoms with E-state index in [1.54, 1.807) is 6.20 Å². The smallest absolute Gasteiger partial charge is 0.252 e. The van der Waals surface area contributed by atoms with Crippen molar-refractivity contribution in [2.75, 3.05) is 24.5 Å². The van der Waals surface area contributed by atoms with E-state index in [0.29, 0.717) is 18.2 Å². The third-order valence-corrected chi connectivity index (χ3v) is 5.49. The molecule has 3 heterocycles. The van der Waals surface area contributed by atoms with E-state index in [1.807, 2.05) is 19.1 Å². The highest BCUT2D eigenvalue weighted by atomic mass is 16.1. The number of anilines is 1. The number of rotatable bonds is 5.